The van der Waals surface area contributed by atoms with Gasteiger partial charge in [-0.2, -0.15) is 0 Å². The second-order valence-corrected chi connectivity index (χ2v) is 5.84. The SMILES string of the molecule is CCCc1nc(CNc2cccc(C(=O)NCCO)c2)cs1. The third-order valence-corrected chi connectivity index (χ3v) is 4.02. The first-order valence-corrected chi connectivity index (χ1v) is 8.27. The number of benzene rings is 1. The number of aryl methyl sites for hydroxylation is 1. The summed E-state index contributed by atoms with van der Waals surface area (Å²) in [6.45, 7) is 2.98. The Kier molecular flexibility index (Phi) is 6.36. The van der Waals surface area contributed by atoms with Crippen molar-refractivity contribution < 1.29 is 9.90 Å². The minimum atomic E-state index is -0.184. The lowest BCUT2D eigenvalue weighted by molar-refractivity contribution is 0.0945. The Morgan fingerprint density at radius 1 is 1.41 bits per heavy atom. The first-order chi connectivity index (χ1) is 10.7. The Balaban J connectivity index is 1.93. The van der Waals surface area contributed by atoms with Crippen LogP contribution in [-0.2, 0) is 13.0 Å². The number of aliphatic hydroxyl groups excluding tert-OH is 1. The van der Waals surface area contributed by atoms with Crippen LogP contribution < -0.4 is 10.6 Å². The molecule has 0 aliphatic carbocycles. The van der Waals surface area contributed by atoms with E-state index in [0.717, 1.165) is 29.2 Å². The number of carbonyl (C=O) groups excluding carboxylic acids is 1. The largest absolute Gasteiger partial charge is 0.395 e. The molecule has 3 N–H and O–H groups in total. The molecule has 2 aromatic rings. The molecular weight excluding hydrogens is 298 g/mol. The molecule has 1 aromatic carbocycles. The summed E-state index contributed by atoms with van der Waals surface area (Å²) in [5.74, 6) is -0.184. The minimum Gasteiger partial charge on any atom is -0.395 e. The van der Waals surface area contributed by atoms with Crippen molar-refractivity contribution in [1.29, 1.82) is 0 Å². The second-order valence-electron chi connectivity index (χ2n) is 4.90. The third kappa shape index (κ3) is 4.82. The molecule has 1 aromatic heterocycles. The molecule has 5 nitrogen and oxygen atoms in total. The number of anilines is 1. The van der Waals surface area contributed by atoms with Crippen LogP contribution in [0.25, 0.3) is 0 Å². The van der Waals surface area contributed by atoms with E-state index in [1.807, 2.05) is 12.1 Å². The number of nitrogens with one attached hydrogen (secondary N) is 2. The summed E-state index contributed by atoms with van der Waals surface area (Å²) in [4.78, 5) is 16.4. The van der Waals surface area contributed by atoms with Gasteiger partial charge in [0.1, 0.15) is 0 Å². The smallest absolute Gasteiger partial charge is 0.251 e. The zero-order chi connectivity index (χ0) is 15.8. The number of hydrogen-bond donors (Lipinski definition) is 3. The molecule has 0 spiro atoms. The molecule has 2 rings (SSSR count). The molecule has 118 valence electrons. The zero-order valence-electron chi connectivity index (χ0n) is 12.6. The van der Waals surface area contributed by atoms with E-state index in [4.69, 9.17) is 5.11 Å². The summed E-state index contributed by atoms with van der Waals surface area (Å²) < 4.78 is 0. The number of aromatic nitrogens is 1. The molecule has 0 saturated carbocycles. The number of rotatable bonds is 8. The summed E-state index contributed by atoms with van der Waals surface area (Å²) in [5.41, 5.74) is 2.47. The van der Waals surface area contributed by atoms with Crippen LogP contribution >= 0.6 is 11.3 Å². The summed E-state index contributed by atoms with van der Waals surface area (Å²) in [7, 11) is 0. The van der Waals surface area contributed by atoms with E-state index in [9.17, 15) is 4.79 Å². The van der Waals surface area contributed by atoms with E-state index in [0.29, 0.717) is 12.1 Å². The summed E-state index contributed by atoms with van der Waals surface area (Å²) >= 11 is 1.69. The highest BCUT2D eigenvalue weighted by Gasteiger charge is 2.06. The van der Waals surface area contributed by atoms with Gasteiger partial charge in [-0.15, -0.1) is 11.3 Å². The van der Waals surface area contributed by atoms with E-state index in [2.05, 4.69) is 27.9 Å². The normalized spacial score (nSPS) is 10.5. The van der Waals surface area contributed by atoms with Crippen LogP contribution in [0.4, 0.5) is 5.69 Å². The summed E-state index contributed by atoms with van der Waals surface area (Å²) in [5, 5.41) is 17.9. The number of thiazole rings is 1. The molecule has 6 heteroatoms. The second kappa shape index (κ2) is 8.51. The van der Waals surface area contributed by atoms with E-state index in [1.54, 1.807) is 23.5 Å². The maximum atomic E-state index is 11.8. The Labute approximate surface area is 134 Å². The standard InChI is InChI=1S/C16H21N3O2S/c1-2-4-15-19-14(11-22-15)10-18-13-6-3-5-12(9-13)16(21)17-7-8-20/h3,5-6,9,11,18,20H,2,4,7-8,10H2,1H3,(H,17,21). The van der Waals surface area contributed by atoms with Gasteiger partial charge < -0.3 is 15.7 Å². The summed E-state index contributed by atoms with van der Waals surface area (Å²) in [6.07, 6.45) is 2.12. The Morgan fingerprint density at radius 3 is 3.05 bits per heavy atom. The monoisotopic (exact) mass is 319 g/mol. The van der Waals surface area contributed by atoms with Gasteiger partial charge in [0.05, 0.1) is 23.9 Å². The van der Waals surface area contributed by atoms with Crippen LogP contribution in [0.1, 0.15) is 34.4 Å². The van der Waals surface area contributed by atoms with Crippen molar-refractivity contribution in [3.05, 3.63) is 45.9 Å². The third-order valence-electron chi connectivity index (χ3n) is 3.06. The molecule has 0 unspecified atom stereocenters. The minimum absolute atomic E-state index is 0.0619. The maximum Gasteiger partial charge on any atom is 0.251 e. The van der Waals surface area contributed by atoms with Crippen LogP contribution in [0.2, 0.25) is 0 Å². The van der Waals surface area contributed by atoms with E-state index in [-0.39, 0.29) is 19.1 Å². The molecule has 22 heavy (non-hydrogen) atoms. The molecule has 1 amide bonds. The summed E-state index contributed by atoms with van der Waals surface area (Å²) in [6, 6.07) is 7.30. The molecular formula is C16H21N3O2S. The number of hydrogen-bond acceptors (Lipinski definition) is 5. The van der Waals surface area contributed by atoms with Crippen molar-refractivity contribution in [2.45, 2.75) is 26.3 Å². The molecule has 0 atom stereocenters. The van der Waals surface area contributed by atoms with Gasteiger partial charge in [-0.3, -0.25) is 4.79 Å². The van der Waals surface area contributed by atoms with Crippen LogP contribution in [0.3, 0.4) is 0 Å². The lowest BCUT2D eigenvalue weighted by Gasteiger charge is -2.07. The quantitative estimate of drug-likeness (QED) is 0.698. The van der Waals surface area contributed by atoms with Gasteiger partial charge in [-0.05, 0) is 31.0 Å². The zero-order valence-corrected chi connectivity index (χ0v) is 13.4. The van der Waals surface area contributed by atoms with Gasteiger partial charge >= 0.3 is 0 Å². The van der Waals surface area contributed by atoms with E-state index < -0.39 is 0 Å². The van der Waals surface area contributed by atoms with Crippen molar-refractivity contribution in [3.63, 3.8) is 0 Å². The molecule has 0 fully saturated rings. The van der Waals surface area contributed by atoms with Gasteiger partial charge in [-0.25, -0.2) is 4.98 Å². The van der Waals surface area contributed by atoms with Crippen molar-refractivity contribution in [3.8, 4) is 0 Å². The average molecular weight is 319 g/mol. The highest BCUT2D eigenvalue weighted by molar-refractivity contribution is 7.09. The number of amides is 1. The van der Waals surface area contributed by atoms with E-state index >= 15 is 0 Å². The fourth-order valence-corrected chi connectivity index (χ4v) is 2.89. The first-order valence-electron chi connectivity index (χ1n) is 7.39. The Morgan fingerprint density at radius 2 is 2.27 bits per heavy atom. The molecule has 0 saturated heterocycles. The topological polar surface area (TPSA) is 74.2 Å². The maximum absolute atomic E-state index is 11.8. The van der Waals surface area contributed by atoms with Crippen LogP contribution in [0, 0.1) is 0 Å². The van der Waals surface area contributed by atoms with Gasteiger partial charge in [0, 0.05) is 23.2 Å². The molecule has 1 heterocycles. The predicted octanol–water partition coefficient (Wildman–Crippen LogP) is 2.43. The van der Waals surface area contributed by atoms with Crippen molar-refractivity contribution in [2.24, 2.45) is 0 Å². The number of carbonyl (C=O) groups is 1. The molecule has 0 radical (unpaired) electrons. The van der Waals surface area contributed by atoms with Crippen LogP contribution in [-0.4, -0.2) is 29.1 Å². The number of aliphatic hydroxyl groups is 1. The first kappa shape index (κ1) is 16.5. The van der Waals surface area contributed by atoms with Crippen molar-refractivity contribution in [2.75, 3.05) is 18.5 Å². The van der Waals surface area contributed by atoms with E-state index in [1.165, 1.54) is 0 Å². The van der Waals surface area contributed by atoms with Crippen LogP contribution in [0.15, 0.2) is 29.6 Å². The van der Waals surface area contributed by atoms with Gasteiger partial charge in [0.2, 0.25) is 0 Å². The fraction of sp³-hybridized carbons (Fsp3) is 0.375. The number of nitrogens with zero attached hydrogens (tertiary/aromatic N) is 1. The highest BCUT2D eigenvalue weighted by atomic mass is 32.1. The van der Waals surface area contributed by atoms with Crippen molar-refractivity contribution in [1.82, 2.24) is 10.3 Å². The van der Waals surface area contributed by atoms with Gasteiger partial charge in [0.15, 0.2) is 0 Å². The Hall–Kier alpha value is -1.92. The predicted molar refractivity (Wildman–Crippen MR) is 89.3 cm³/mol. The highest BCUT2D eigenvalue weighted by Crippen LogP contribution is 2.15. The average Bonchev–Trinajstić information content (AvgIpc) is 2.99. The lowest BCUT2D eigenvalue weighted by atomic mass is 10.2. The van der Waals surface area contributed by atoms with Gasteiger partial charge in [-0.1, -0.05) is 13.0 Å². The molecule has 0 aliphatic rings. The molecule has 0 bridgehead atoms. The lowest BCUT2D eigenvalue weighted by Crippen LogP contribution is -2.26. The van der Waals surface area contributed by atoms with Gasteiger partial charge in [0.25, 0.3) is 5.91 Å². The Bertz CT molecular complexity index is 613. The molecule has 0 aliphatic heterocycles. The van der Waals surface area contributed by atoms with Crippen molar-refractivity contribution >= 4 is 22.9 Å². The van der Waals surface area contributed by atoms with Crippen LogP contribution in [0.5, 0.6) is 0 Å². The fourth-order valence-electron chi connectivity index (χ4n) is 1.99.